The number of rotatable bonds is 5. The second-order valence-corrected chi connectivity index (χ2v) is 7.44. The first-order valence-electron chi connectivity index (χ1n) is 9.81. The van der Waals surface area contributed by atoms with Crippen molar-refractivity contribution in [2.24, 2.45) is 5.92 Å². The monoisotopic (exact) mass is 352 g/mol. The molecule has 0 bridgehead atoms. The molecule has 0 aromatic heterocycles. The Labute approximate surface area is 150 Å². The fourth-order valence-electron chi connectivity index (χ4n) is 4.05. The van der Waals surface area contributed by atoms with Gasteiger partial charge in [-0.15, -0.1) is 0 Å². The first-order chi connectivity index (χ1) is 12.2. The van der Waals surface area contributed by atoms with Crippen LogP contribution in [-0.4, -0.2) is 86.2 Å². The third-order valence-corrected chi connectivity index (χ3v) is 5.65. The second-order valence-electron chi connectivity index (χ2n) is 7.44. The van der Waals surface area contributed by atoms with Crippen LogP contribution in [0.25, 0.3) is 0 Å². The van der Waals surface area contributed by atoms with Gasteiger partial charge in [0.2, 0.25) is 5.91 Å². The Morgan fingerprint density at radius 1 is 1.20 bits per heavy atom. The molecule has 0 aliphatic carbocycles. The van der Waals surface area contributed by atoms with E-state index in [9.17, 15) is 9.59 Å². The fourth-order valence-corrected chi connectivity index (χ4v) is 4.05. The molecule has 3 aliphatic rings. The maximum absolute atomic E-state index is 12.8. The standard InChI is InChI=1S/C18H32N4O3/c1-2-21-9-10-25-16(13-21)18(24)22-8-4-5-14(12-22)11-20-17(23)15-6-3-7-19-15/h14-16,19H,2-13H2,1H3,(H,20,23). The summed E-state index contributed by atoms with van der Waals surface area (Å²) in [5.74, 6) is 0.565. The van der Waals surface area contributed by atoms with E-state index < -0.39 is 0 Å². The van der Waals surface area contributed by atoms with Gasteiger partial charge in [0.25, 0.3) is 5.91 Å². The normalized spacial score (nSPS) is 31.1. The Morgan fingerprint density at radius 3 is 2.84 bits per heavy atom. The summed E-state index contributed by atoms with van der Waals surface area (Å²) < 4.78 is 5.72. The molecule has 0 saturated carbocycles. The van der Waals surface area contributed by atoms with Crippen molar-refractivity contribution in [2.75, 3.05) is 52.4 Å². The molecular weight excluding hydrogens is 320 g/mol. The molecule has 3 rings (SSSR count). The summed E-state index contributed by atoms with van der Waals surface area (Å²) in [5, 5.41) is 6.30. The van der Waals surface area contributed by atoms with Crippen molar-refractivity contribution in [2.45, 2.75) is 44.8 Å². The van der Waals surface area contributed by atoms with Crippen molar-refractivity contribution in [3.8, 4) is 0 Å². The van der Waals surface area contributed by atoms with Crippen LogP contribution in [-0.2, 0) is 14.3 Å². The highest BCUT2D eigenvalue weighted by Crippen LogP contribution is 2.18. The van der Waals surface area contributed by atoms with Gasteiger partial charge >= 0.3 is 0 Å². The van der Waals surface area contributed by atoms with Crippen molar-refractivity contribution >= 4 is 11.8 Å². The maximum Gasteiger partial charge on any atom is 0.253 e. The number of likely N-dealkylation sites (tertiary alicyclic amines) is 1. The first-order valence-corrected chi connectivity index (χ1v) is 9.81. The van der Waals surface area contributed by atoms with Crippen molar-refractivity contribution < 1.29 is 14.3 Å². The van der Waals surface area contributed by atoms with Gasteiger partial charge in [-0.3, -0.25) is 14.5 Å². The lowest BCUT2D eigenvalue weighted by Crippen LogP contribution is -2.53. The highest BCUT2D eigenvalue weighted by atomic mass is 16.5. The quantitative estimate of drug-likeness (QED) is 0.718. The second kappa shape index (κ2) is 8.96. The Morgan fingerprint density at radius 2 is 2.08 bits per heavy atom. The molecule has 25 heavy (non-hydrogen) atoms. The number of ether oxygens (including phenoxy) is 1. The van der Waals surface area contributed by atoms with Crippen LogP contribution in [0.1, 0.15) is 32.6 Å². The van der Waals surface area contributed by atoms with Gasteiger partial charge < -0.3 is 20.3 Å². The lowest BCUT2D eigenvalue weighted by Gasteiger charge is -2.38. The highest BCUT2D eigenvalue weighted by molar-refractivity contribution is 5.82. The van der Waals surface area contributed by atoms with E-state index in [-0.39, 0.29) is 24.0 Å². The molecule has 7 heteroatoms. The summed E-state index contributed by atoms with van der Waals surface area (Å²) in [4.78, 5) is 29.1. The first kappa shape index (κ1) is 18.6. The summed E-state index contributed by atoms with van der Waals surface area (Å²) in [7, 11) is 0. The zero-order valence-corrected chi connectivity index (χ0v) is 15.3. The molecule has 3 fully saturated rings. The molecule has 0 spiro atoms. The van der Waals surface area contributed by atoms with Gasteiger partial charge in [-0.1, -0.05) is 6.92 Å². The van der Waals surface area contributed by atoms with E-state index in [4.69, 9.17) is 4.74 Å². The molecule has 3 unspecified atom stereocenters. The van der Waals surface area contributed by atoms with Crippen LogP contribution in [0.5, 0.6) is 0 Å². The summed E-state index contributed by atoms with van der Waals surface area (Å²) >= 11 is 0. The summed E-state index contributed by atoms with van der Waals surface area (Å²) in [5.41, 5.74) is 0. The Balaban J connectivity index is 1.45. The largest absolute Gasteiger partial charge is 0.366 e. The smallest absolute Gasteiger partial charge is 0.253 e. The van der Waals surface area contributed by atoms with Gasteiger partial charge in [0.15, 0.2) is 0 Å². The van der Waals surface area contributed by atoms with Crippen molar-refractivity contribution in [1.29, 1.82) is 0 Å². The van der Waals surface area contributed by atoms with E-state index in [0.717, 1.165) is 58.4 Å². The lowest BCUT2D eigenvalue weighted by atomic mass is 9.97. The van der Waals surface area contributed by atoms with Gasteiger partial charge in [-0.2, -0.15) is 0 Å². The van der Waals surface area contributed by atoms with Gasteiger partial charge in [0, 0.05) is 32.7 Å². The predicted molar refractivity (Wildman–Crippen MR) is 95.2 cm³/mol. The van der Waals surface area contributed by atoms with E-state index >= 15 is 0 Å². The molecule has 3 saturated heterocycles. The van der Waals surface area contributed by atoms with Crippen molar-refractivity contribution in [3.63, 3.8) is 0 Å². The molecule has 0 aromatic carbocycles. The molecule has 0 aromatic rings. The number of carbonyl (C=O) groups is 2. The van der Waals surface area contributed by atoms with Gasteiger partial charge in [0.1, 0.15) is 6.10 Å². The van der Waals surface area contributed by atoms with Crippen LogP contribution in [0.3, 0.4) is 0 Å². The molecule has 7 nitrogen and oxygen atoms in total. The minimum Gasteiger partial charge on any atom is -0.366 e. The fraction of sp³-hybridized carbons (Fsp3) is 0.889. The van der Waals surface area contributed by atoms with Crippen LogP contribution in [0.4, 0.5) is 0 Å². The number of piperidine rings is 1. The Bertz CT molecular complexity index is 467. The average molecular weight is 352 g/mol. The third-order valence-electron chi connectivity index (χ3n) is 5.65. The molecule has 2 amide bonds. The average Bonchev–Trinajstić information content (AvgIpc) is 3.20. The third kappa shape index (κ3) is 4.92. The Kier molecular flexibility index (Phi) is 6.67. The summed E-state index contributed by atoms with van der Waals surface area (Å²) in [6.45, 7) is 8.43. The topological polar surface area (TPSA) is 73.9 Å². The number of amides is 2. The van der Waals surface area contributed by atoms with Crippen molar-refractivity contribution in [3.05, 3.63) is 0 Å². The minimum absolute atomic E-state index is 0.0306. The van der Waals surface area contributed by atoms with Crippen LogP contribution >= 0.6 is 0 Å². The number of morpholine rings is 1. The van der Waals surface area contributed by atoms with E-state index in [1.165, 1.54) is 0 Å². The summed E-state index contributed by atoms with van der Waals surface area (Å²) in [6, 6.07) is -0.0306. The summed E-state index contributed by atoms with van der Waals surface area (Å²) in [6.07, 6.45) is 3.73. The lowest BCUT2D eigenvalue weighted by molar-refractivity contribution is -0.151. The predicted octanol–water partition coefficient (Wildman–Crippen LogP) is -0.186. The molecule has 3 aliphatic heterocycles. The van der Waals surface area contributed by atoms with Crippen LogP contribution in [0, 0.1) is 5.92 Å². The molecule has 2 N–H and O–H groups in total. The maximum atomic E-state index is 12.8. The molecule has 3 heterocycles. The van der Waals surface area contributed by atoms with Gasteiger partial charge in [-0.25, -0.2) is 0 Å². The highest BCUT2D eigenvalue weighted by Gasteiger charge is 2.32. The molecular formula is C18H32N4O3. The SMILES string of the molecule is CCN1CCOC(C(=O)N2CCCC(CNC(=O)C3CCCN3)C2)C1. The minimum atomic E-state index is -0.329. The molecule has 142 valence electrons. The zero-order chi connectivity index (χ0) is 17.6. The Hall–Kier alpha value is -1.18. The van der Waals surface area contributed by atoms with Crippen LogP contribution < -0.4 is 10.6 Å². The number of nitrogens with zero attached hydrogens (tertiary/aromatic N) is 2. The van der Waals surface area contributed by atoms with Crippen LogP contribution in [0.2, 0.25) is 0 Å². The van der Waals surface area contributed by atoms with E-state index in [1.807, 2.05) is 4.90 Å². The van der Waals surface area contributed by atoms with E-state index in [2.05, 4.69) is 22.5 Å². The molecule has 0 radical (unpaired) electrons. The number of hydrogen-bond acceptors (Lipinski definition) is 5. The van der Waals surface area contributed by atoms with Gasteiger partial charge in [-0.05, 0) is 44.7 Å². The number of carbonyl (C=O) groups excluding carboxylic acids is 2. The van der Waals surface area contributed by atoms with Crippen LogP contribution in [0.15, 0.2) is 0 Å². The molecule has 3 atom stereocenters. The van der Waals surface area contributed by atoms with Crippen molar-refractivity contribution in [1.82, 2.24) is 20.4 Å². The number of likely N-dealkylation sites (N-methyl/N-ethyl adjacent to an activating group) is 1. The van der Waals surface area contributed by atoms with E-state index in [1.54, 1.807) is 0 Å². The van der Waals surface area contributed by atoms with Gasteiger partial charge in [0.05, 0.1) is 12.6 Å². The van der Waals surface area contributed by atoms with E-state index in [0.29, 0.717) is 25.6 Å². The number of hydrogen-bond donors (Lipinski definition) is 2. The zero-order valence-electron chi connectivity index (χ0n) is 15.3. The number of nitrogens with one attached hydrogen (secondary N) is 2.